The Morgan fingerprint density at radius 1 is 0.852 bits per heavy atom. The molecule has 7 nitrogen and oxygen atoms in total. The monoisotopic (exact) mass is 361 g/mol. The van der Waals surface area contributed by atoms with E-state index in [2.05, 4.69) is 20.6 Å². The van der Waals surface area contributed by atoms with Gasteiger partial charge < -0.3 is 15.5 Å². The molecular formula is C20H19N5O2. The number of nitrogens with zero attached hydrogens (tertiary/aromatic N) is 3. The average molecular weight is 361 g/mol. The Balaban J connectivity index is 1.76. The van der Waals surface area contributed by atoms with Gasteiger partial charge in [-0.05, 0) is 42.5 Å². The van der Waals surface area contributed by atoms with Crippen LogP contribution in [0.1, 0.15) is 20.7 Å². The molecule has 0 atom stereocenters. The van der Waals surface area contributed by atoms with Gasteiger partial charge in [0.05, 0.1) is 5.56 Å². The summed E-state index contributed by atoms with van der Waals surface area (Å²) in [6.45, 7) is 0. The van der Waals surface area contributed by atoms with Crippen LogP contribution in [0.25, 0.3) is 0 Å². The van der Waals surface area contributed by atoms with Crippen LogP contribution >= 0.6 is 0 Å². The molecule has 27 heavy (non-hydrogen) atoms. The van der Waals surface area contributed by atoms with Gasteiger partial charge in [-0.3, -0.25) is 14.6 Å². The maximum Gasteiger partial charge on any atom is 0.259 e. The minimum absolute atomic E-state index is 0.271. The Hall–Kier alpha value is -3.74. The lowest BCUT2D eigenvalue weighted by Crippen LogP contribution is -2.20. The molecule has 2 amide bonds. The Kier molecular flexibility index (Phi) is 5.41. The van der Waals surface area contributed by atoms with E-state index < -0.39 is 0 Å². The van der Waals surface area contributed by atoms with Crippen molar-refractivity contribution in [2.45, 2.75) is 0 Å². The first-order valence-electron chi connectivity index (χ1n) is 8.30. The second-order valence-electron chi connectivity index (χ2n) is 5.99. The zero-order chi connectivity index (χ0) is 19.2. The van der Waals surface area contributed by atoms with Gasteiger partial charge in [-0.15, -0.1) is 0 Å². The van der Waals surface area contributed by atoms with Crippen molar-refractivity contribution in [3.63, 3.8) is 0 Å². The summed E-state index contributed by atoms with van der Waals surface area (Å²) in [5, 5.41) is 5.60. The summed E-state index contributed by atoms with van der Waals surface area (Å²) >= 11 is 0. The molecule has 0 saturated carbocycles. The summed E-state index contributed by atoms with van der Waals surface area (Å²) in [6, 6.07) is 13.6. The number of benzene rings is 1. The molecule has 2 aromatic heterocycles. The molecule has 0 aliphatic carbocycles. The number of amides is 2. The third-order valence-corrected chi connectivity index (χ3v) is 3.78. The smallest absolute Gasteiger partial charge is 0.259 e. The zero-order valence-electron chi connectivity index (χ0n) is 15.0. The molecule has 0 fully saturated rings. The summed E-state index contributed by atoms with van der Waals surface area (Å²) in [5.74, 6) is 0.00716. The number of carbonyl (C=O) groups excluding carboxylic acids is 2. The normalized spacial score (nSPS) is 10.1. The van der Waals surface area contributed by atoms with Crippen LogP contribution in [0.2, 0.25) is 0 Å². The molecular weight excluding hydrogens is 342 g/mol. The highest BCUT2D eigenvalue weighted by Crippen LogP contribution is 2.18. The molecule has 1 aromatic carbocycles. The van der Waals surface area contributed by atoms with Gasteiger partial charge in [-0.1, -0.05) is 6.07 Å². The number of aromatic nitrogens is 2. The summed E-state index contributed by atoms with van der Waals surface area (Å²) in [4.78, 5) is 34.9. The van der Waals surface area contributed by atoms with E-state index in [1.54, 1.807) is 72.0 Å². The molecule has 136 valence electrons. The van der Waals surface area contributed by atoms with E-state index >= 15 is 0 Å². The van der Waals surface area contributed by atoms with E-state index in [4.69, 9.17) is 0 Å². The molecule has 2 heterocycles. The summed E-state index contributed by atoms with van der Waals surface area (Å²) < 4.78 is 0. The molecule has 0 bridgehead atoms. The highest BCUT2D eigenvalue weighted by Gasteiger charge is 2.14. The second kappa shape index (κ2) is 8.09. The van der Waals surface area contributed by atoms with Crippen molar-refractivity contribution < 1.29 is 9.59 Å². The fourth-order valence-corrected chi connectivity index (χ4v) is 2.51. The number of hydrogen-bond donors (Lipinski definition) is 2. The van der Waals surface area contributed by atoms with Crippen LogP contribution in [0, 0.1) is 0 Å². The van der Waals surface area contributed by atoms with Crippen molar-refractivity contribution in [3.8, 4) is 0 Å². The van der Waals surface area contributed by atoms with Gasteiger partial charge in [-0.2, -0.15) is 0 Å². The van der Waals surface area contributed by atoms with Crippen molar-refractivity contribution in [3.05, 3.63) is 78.2 Å². The SMILES string of the molecule is CN(C)c1ncccc1C(=O)Nc1cccc(C(=O)Nc2ccncc2)c1. The fraction of sp³-hybridized carbons (Fsp3) is 0.100. The van der Waals surface area contributed by atoms with Crippen LogP contribution in [-0.4, -0.2) is 35.9 Å². The summed E-state index contributed by atoms with van der Waals surface area (Å²) in [6.07, 6.45) is 4.83. The van der Waals surface area contributed by atoms with Crippen molar-refractivity contribution in [1.82, 2.24) is 9.97 Å². The second-order valence-corrected chi connectivity index (χ2v) is 5.99. The zero-order valence-corrected chi connectivity index (χ0v) is 15.0. The van der Waals surface area contributed by atoms with Gasteiger partial charge in [0.15, 0.2) is 0 Å². The number of nitrogens with one attached hydrogen (secondary N) is 2. The number of anilines is 3. The molecule has 2 N–H and O–H groups in total. The standard InChI is InChI=1S/C20H19N5O2/c1-25(2)18-17(7-4-10-22-18)20(27)24-16-6-3-5-14(13-16)19(26)23-15-8-11-21-12-9-15/h3-13H,1-2H3,(H,24,27)(H,21,23,26). The van der Waals surface area contributed by atoms with E-state index in [0.29, 0.717) is 28.3 Å². The van der Waals surface area contributed by atoms with E-state index in [0.717, 1.165) is 0 Å². The molecule has 3 rings (SSSR count). The number of hydrogen-bond acceptors (Lipinski definition) is 5. The first-order valence-corrected chi connectivity index (χ1v) is 8.30. The van der Waals surface area contributed by atoms with Crippen LogP contribution in [0.15, 0.2) is 67.1 Å². The maximum atomic E-state index is 12.6. The van der Waals surface area contributed by atoms with Gasteiger partial charge in [0.2, 0.25) is 0 Å². The lowest BCUT2D eigenvalue weighted by Gasteiger charge is -2.15. The van der Waals surface area contributed by atoms with Crippen LogP contribution in [0.3, 0.4) is 0 Å². The fourth-order valence-electron chi connectivity index (χ4n) is 2.51. The van der Waals surface area contributed by atoms with Crippen molar-refractivity contribution in [2.75, 3.05) is 29.6 Å². The molecule has 0 spiro atoms. The maximum absolute atomic E-state index is 12.6. The largest absolute Gasteiger partial charge is 0.362 e. The first-order chi connectivity index (χ1) is 13.0. The highest BCUT2D eigenvalue weighted by molar-refractivity contribution is 6.09. The third-order valence-electron chi connectivity index (χ3n) is 3.78. The van der Waals surface area contributed by atoms with Crippen LogP contribution in [0.5, 0.6) is 0 Å². The molecule has 0 saturated heterocycles. The van der Waals surface area contributed by atoms with E-state index in [-0.39, 0.29) is 11.8 Å². The van der Waals surface area contributed by atoms with Crippen molar-refractivity contribution >= 4 is 29.0 Å². The van der Waals surface area contributed by atoms with E-state index in [1.165, 1.54) is 0 Å². The Bertz CT molecular complexity index is 957. The minimum Gasteiger partial charge on any atom is -0.362 e. The number of pyridine rings is 2. The molecule has 0 radical (unpaired) electrons. The van der Waals surface area contributed by atoms with Crippen molar-refractivity contribution in [2.24, 2.45) is 0 Å². The highest BCUT2D eigenvalue weighted by atomic mass is 16.2. The molecule has 0 aliphatic rings. The lowest BCUT2D eigenvalue weighted by molar-refractivity contribution is 0.101. The van der Waals surface area contributed by atoms with Crippen LogP contribution in [-0.2, 0) is 0 Å². The van der Waals surface area contributed by atoms with Crippen molar-refractivity contribution in [1.29, 1.82) is 0 Å². The van der Waals surface area contributed by atoms with E-state index in [1.807, 2.05) is 14.1 Å². The molecule has 7 heteroatoms. The number of rotatable bonds is 5. The molecule has 0 aliphatic heterocycles. The summed E-state index contributed by atoms with van der Waals surface area (Å²) in [5.41, 5.74) is 2.06. The predicted molar refractivity (Wildman–Crippen MR) is 105 cm³/mol. The Labute approximate surface area is 157 Å². The Morgan fingerprint density at radius 3 is 2.33 bits per heavy atom. The quantitative estimate of drug-likeness (QED) is 0.729. The summed E-state index contributed by atoms with van der Waals surface area (Å²) in [7, 11) is 3.65. The Morgan fingerprint density at radius 2 is 1.59 bits per heavy atom. The van der Waals surface area contributed by atoms with Crippen LogP contribution < -0.4 is 15.5 Å². The topological polar surface area (TPSA) is 87.2 Å². The first kappa shape index (κ1) is 18.1. The minimum atomic E-state index is -0.293. The predicted octanol–water partition coefficient (Wildman–Crippen LogP) is 3.05. The van der Waals surface area contributed by atoms with E-state index in [9.17, 15) is 9.59 Å². The van der Waals surface area contributed by atoms with Gasteiger partial charge in [0, 0.05) is 49.6 Å². The molecule has 0 unspecified atom stereocenters. The lowest BCUT2D eigenvalue weighted by atomic mass is 10.1. The van der Waals surface area contributed by atoms with Crippen LogP contribution in [0.4, 0.5) is 17.2 Å². The average Bonchev–Trinajstić information content (AvgIpc) is 2.69. The van der Waals surface area contributed by atoms with Gasteiger partial charge in [0.1, 0.15) is 5.82 Å². The van der Waals surface area contributed by atoms with Gasteiger partial charge >= 0.3 is 0 Å². The van der Waals surface area contributed by atoms with Gasteiger partial charge in [0.25, 0.3) is 11.8 Å². The third kappa shape index (κ3) is 4.46. The van der Waals surface area contributed by atoms with Gasteiger partial charge in [-0.25, -0.2) is 4.98 Å². The number of carbonyl (C=O) groups is 2. The molecule has 3 aromatic rings.